The average molecular weight is 423 g/mol. The fraction of sp³-hybridized carbons (Fsp3) is 0.208. The Kier molecular flexibility index (Phi) is 6.27. The van der Waals surface area contributed by atoms with Crippen molar-refractivity contribution in [2.24, 2.45) is 0 Å². The zero-order valence-electron chi connectivity index (χ0n) is 17.6. The molecular weight excluding hydrogens is 396 g/mol. The molecule has 1 amide bonds. The summed E-state index contributed by atoms with van der Waals surface area (Å²) >= 11 is 0. The summed E-state index contributed by atoms with van der Waals surface area (Å²) in [7, 11) is -3.81. The first-order valence-corrected chi connectivity index (χ1v) is 11.2. The van der Waals surface area contributed by atoms with Gasteiger partial charge in [-0.1, -0.05) is 42.0 Å². The van der Waals surface area contributed by atoms with Crippen LogP contribution < -0.4 is 10.0 Å². The Balaban J connectivity index is 1.79. The summed E-state index contributed by atoms with van der Waals surface area (Å²) < 4.78 is 28.1. The smallest absolute Gasteiger partial charge is 0.261 e. The molecule has 0 fully saturated rings. The normalized spacial score (nSPS) is 12.3. The van der Waals surface area contributed by atoms with Crippen molar-refractivity contribution in [1.82, 2.24) is 5.32 Å². The van der Waals surface area contributed by atoms with E-state index in [1.54, 1.807) is 30.3 Å². The molecule has 0 saturated heterocycles. The summed E-state index contributed by atoms with van der Waals surface area (Å²) in [6.07, 6.45) is 0. The molecule has 2 N–H and O–H groups in total. The van der Waals surface area contributed by atoms with Gasteiger partial charge in [0.2, 0.25) is 0 Å². The fourth-order valence-corrected chi connectivity index (χ4v) is 4.49. The Morgan fingerprint density at radius 1 is 0.867 bits per heavy atom. The van der Waals surface area contributed by atoms with Crippen LogP contribution >= 0.6 is 0 Å². The van der Waals surface area contributed by atoms with E-state index in [9.17, 15) is 13.2 Å². The summed E-state index contributed by atoms with van der Waals surface area (Å²) in [5, 5.41) is 2.95. The van der Waals surface area contributed by atoms with Gasteiger partial charge in [-0.2, -0.15) is 0 Å². The van der Waals surface area contributed by atoms with E-state index in [2.05, 4.69) is 16.1 Å². The van der Waals surface area contributed by atoms with Gasteiger partial charge in [0.05, 0.1) is 10.9 Å². The Hall–Kier alpha value is -3.12. The minimum absolute atomic E-state index is 0.0378. The second kappa shape index (κ2) is 8.71. The van der Waals surface area contributed by atoms with Gasteiger partial charge in [-0.25, -0.2) is 8.42 Å². The maximum absolute atomic E-state index is 12.8. The summed E-state index contributed by atoms with van der Waals surface area (Å²) in [4.78, 5) is 12.8. The van der Waals surface area contributed by atoms with Crippen LogP contribution in [0.4, 0.5) is 5.69 Å². The number of sulfonamides is 1. The number of benzene rings is 3. The van der Waals surface area contributed by atoms with E-state index in [-0.39, 0.29) is 16.8 Å². The lowest BCUT2D eigenvalue weighted by Crippen LogP contribution is -2.27. The highest BCUT2D eigenvalue weighted by Crippen LogP contribution is 2.21. The maximum Gasteiger partial charge on any atom is 0.261 e. The van der Waals surface area contributed by atoms with Crippen molar-refractivity contribution in [2.45, 2.75) is 38.6 Å². The number of anilines is 1. The zero-order chi connectivity index (χ0) is 21.9. The third kappa shape index (κ3) is 5.07. The number of carbonyl (C=O) groups is 1. The van der Waals surface area contributed by atoms with E-state index in [0.29, 0.717) is 11.3 Å². The van der Waals surface area contributed by atoms with E-state index in [4.69, 9.17) is 0 Å². The van der Waals surface area contributed by atoms with Crippen LogP contribution in [0, 0.1) is 20.8 Å². The van der Waals surface area contributed by atoms with E-state index >= 15 is 0 Å². The molecular formula is C24H26N2O3S. The minimum atomic E-state index is -3.81. The summed E-state index contributed by atoms with van der Waals surface area (Å²) in [5.74, 6) is -0.324. The Morgan fingerprint density at radius 3 is 2.27 bits per heavy atom. The SMILES string of the molecule is Cc1cccc(NS(=O)(=O)c2cccc(C(=O)N[C@H](C)c3ccc(C)cc3C)c2)c1. The van der Waals surface area contributed by atoms with Gasteiger partial charge in [-0.15, -0.1) is 0 Å². The highest BCUT2D eigenvalue weighted by molar-refractivity contribution is 7.92. The van der Waals surface area contributed by atoms with Gasteiger partial charge in [0.1, 0.15) is 0 Å². The number of aryl methyl sites for hydroxylation is 3. The first-order valence-electron chi connectivity index (χ1n) is 9.73. The largest absolute Gasteiger partial charge is 0.346 e. The predicted molar refractivity (Wildman–Crippen MR) is 120 cm³/mol. The van der Waals surface area contributed by atoms with Crippen LogP contribution in [0.3, 0.4) is 0 Å². The quantitative estimate of drug-likeness (QED) is 0.593. The van der Waals surface area contributed by atoms with Crippen molar-refractivity contribution >= 4 is 21.6 Å². The Morgan fingerprint density at radius 2 is 1.57 bits per heavy atom. The number of carbonyl (C=O) groups excluding carboxylic acids is 1. The highest BCUT2D eigenvalue weighted by atomic mass is 32.2. The third-order valence-electron chi connectivity index (χ3n) is 4.92. The molecule has 6 heteroatoms. The van der Waals surface area contributed by atoms with Gasteiger partial charge in [0.15, 0.2) is 0 Å². The van der Waals surface area contributed by atoms with Crippen LogP contribution in [0.5, 0.6) is 0 Å². The van der Waals surface area contributed by atoms with Crippen LogP contribution in [-0.4, -0.2) is 14.3 Å². The summed E-state index contributed by atoms with van der Waals surface area (Å²) in [6.45, 7) is 7.83. The lowest BCUT2D eigenvalue weighted by molar-refractivity contribution is 0.0939. The van der Waals surface area contributed by atoms with Crippen molar-refractivity contribution < 1.29 is 13.2 Å². The average Bonchev–Trinajstić information content (AvgIpc) is 2.67. The fourth-order valence-electron chi connectivity index (χ4n) is 3.40. The van der Waals surface area contributed by atoms with Gasteiger partial charge >= 0.3 is 0 Å². The molecule has 0 spiro atoms. The zero-order valence-corrected chi connectivity index (χ0v) is 18.4. The van der Waals surface area contributed by atoms with Gasteiger partial charge < -0.3 is 5.32 Å². The lowest BCUT2D eigenvalue weighted by Gasteiger charge is -2.17. The van der Waals surface area contributed by atoms with Crippen molar-refractivity contribution in [3.8, 4) is 0 Å². The van der Waals surface area contributed by atoms with Crippen molar-refractivity contribution in [3.05, 3.63) is 94.5 Å². The number of nitrogens with one attached hydrogen (secondary N) is 2. The molecule has 0 unspecified atom stereocenters. The monoisotopic (exact) mass is 422 g/mol. The minimum Gasteiger partial charge on any atom is -0.346 e. The molecule has 5 nitrogen and oxygen atoms in total. The van der Waals surface area contributed by atoms with E-state index < -0.39 is 10.0 Å². The molecule has 3 aromatic rings. The molecule has 3 rings (SSSR count). The first kappa shape index (κ1) is 21.6. The van der Waals surface area contributed by atoms with Crippen LogP contribution in [-0.2, 0) is 10.0 Å². The highest BCUT2D eigenvalue weighted by Gasteiger charge is 2.18. The summed E-state index contributed by atoms with van der Waals surface area (Å²) in [5.41, 5.74) is 5.00. The summed E-state index contributed by atoms with van der Waals surface area (Å²) in [6, 6.07) is 19.0. The van der Waals surface area contributed by atoms with E-state index in [1.807, 2.05) is 45.9 Å². The van der Waals surface area contributed by atoms with Gasteiger partial charge in [-0.3, -0.25) is 9.52 Å². The molecule has 0 heterocycles. The van der Waals surface area contributed by atoms with Gasteiger partial charge in [0, 0.05) is 11.3 Å². The molecule has 0 bridgehead atoms. The molecule has 0 aliphatic rings. The molecule has 30 heavy (non-hydrogen) atoms. The molecule has 0 aliphatic carbocycles. The maximum atomic E-state index is 12.8. The molecule has 0 saturated carbocycles. The lowest BCUT2D eigenvalue weighted by atomic mass is 10.00. The van der Waals surface area contributed by atoms with Crippen LogP contribution in [0.2, 0.25) is 0 Å². The number of rotatable bonds is 6. The standard InChI is InChI=1S/C24H26N2O3S/c1-16-7-5-9-21(14-16)26-30(28,29)22-10-6-8-20(15-22)24(27)25-19(4)23-12-11-17(2)13-18(23)3/h5-15,19,26H,1-4H3,(H,25,27)/t19-/m1/s1. The van der Waals surface area contributed by atoms with Crippen molar-refractivity contribution in [2.75, 3.05) is 4.72 Å². The van der Waals surface area contributed by atoms with Crippen LogP contribution in [0.25, 0.3) is 0 Å². The molecule has 3 aromatic carbocycles. The van der Waals surface area contributed by atoms with Crippen molar-refractivity contribution in [1.29, 1.82) is 0 Å². The molecule has 0 aromatic heterocycles. The number of hydrogen-bond acceptors (Lipinski definition) is 3. The number of amides is 1. The molecule has 1 atom stereocenters. The second-order valence-electron chi connectivity index (χ2n) is 7.56. The Labute approximate surface area is 178 Å². The van der Waals surface area contributed by atoms with Gasteiger partial charge in [0.25, 0.3) is 15.9 Å². The van der Waals surface area contributed by atoms with Crippen LogP contribution in [0.15, 0.2) is 71.6 Å². The molecule has 156 valence electrons. The second-order valence-corrected chi connectivity index (χ2v) is 9.24. The first-order chi connectivity index (χ1) is 14.2. The molecule has 0 aliphatic heterocycles. The van der Waals surface area contributed by atoms with Gasteiger partial charge in [-0.05, 0) is 74.7 Å². The Bertz CT molecular complexity index is 1190. The molecule has 0 radical (unpaired) electrons. The number of hydrogen-bond donors (Lipinski definition) is 2. The third-order valence-corrected chi connectivity index (χ3v) is 6.30. The topological polar surface area (TPSA) is 75.3 Å². The van der Waals surface area contributed by atoms with E-state index in [1.165, 1.54) is 12.1 Å². The van der Waals surface area contributed by atoms with E-state index in [0.717, 1.165) is 22.3 Å². The van der Waals surface area contributed by atoms with Crippen LogP contribution in [0.1, 0.15) is 45.6 Å². The predicted octanol–water partition coefficient (Wildman–Crippen LogP) is 4.90. The van der Waals surface area contributed by atoms with Crippen molar-refractivity contribution in [3.63, 3.8) is 0 Å².